The summed E-state index contributed by atoms with van der Waals surface area (Å²) in [7, 11) is 0. The van der Waals surface area contributed by atoms with Gasteiger partial charge in [0.05, 0.1) is 18.0 Å². The minimum absolute atomic E-state index is 0.0182. The minimum Gasteiger partial charge on any atom is -0.394 e. The number of amides is 1. The van der Waals surface area contributed by atoms with Gasteiger partial charge in [-0.05, 0) is 17.7 Å². The molecule has 2 rings (SSSR count). The zero-order valence-electron chi connectivity index (χ0n) is 12.1. The molecular weight excluding hydrogens is 306 g/mol. The van der Waals surface area contributed by atoms with Crippen LogP contribution in [0.25, 0.3) is 10.6 Å². The number of aromatic nitrogens is 2. The Kier molecular flexibility index (Phi) is 5.84. The fourth-order valence-electron chi connectivity index (χ4n) is 1.87. The molecule has 2 aromatic rings. The standard InChI is InChI=1S/C14H19N3O2S2/c1-10(20-2)8-14(19)15-13-9-11(12-4-3-7-21-12)16-17(13)5-6-18/h3-4,7,9-10,18H,5-6,8H2,1-2H3,(H,15,19). The Balaban J connectivity index is 2.15. The van der Waals surface area contributed by atoms with Crippen molar-refractivity contribution in [1.82, 2.24) is 9.78 Å². The van der Waals surface area contributed by atoms with Crippen LogP contribution in [0.2, 0.25) is 0 Å². The first-order valence-corrected chi connectivity index (χ1v) is 8.86. The number of anilines is 1. The van der Waals surface area contributed by atoms with Crippen LogP contribution in [-0.4, -0.2) is 38.9 Å². The van der Waals surface area contributed by atoms with Crippen molar-refractivity contribution >= 4 is 34.8 Å². The fourth-order valence-corrected chi connectivity index (χ4v) is 2.87. The lowest BCUT2D eigenvalue weighted by Crippen LogP contribution is -2.19. The molecule has 0 fully saturated rings. The van der Waals surface area contributed by atoms with Gasteiger partial charge >= 0.3 is 0 Å². The summed E-state index contributed by atoms with van der Waals surface area (Å²) in [4.78, 5) is 13.0. The molecule has 2 N–H and O–H groups in total. The Labute approximate surface area is 132 Å². The second-order valence-electron chi connectivity index (χ2n) is 4.64. The summed E-state index contributed by atoms with van der Waals surface area (Å²) in [5.41, 5.74) is 0.812. The molecule has 0 bridgehead atoms. The SMILES string of the molecule is CSC(C)CC(=O)Nc1cc(-c2cccs2)nn1CCO. The molecule has 2 aromatic heterocycles. The molecule has 1 unspecified atom stereocenters. The molecule has 5 nitrogen and oxygen atoms in total. The van der Waals surface area contributed by atoms with E-state index in [1.54, 1.807) is 27.8 Å². The van der Waals surface area contributed by atoms with E-state index < -0.39 is 0 Å². The highest BCUT2D eigenvalue weighted by atomic mass is 32.2. The van der Waals surface area contributed by atoms with Crippen LogP contribution in [0.4, 0.5) is 5.82 Å². The van der Waals surface area contributed by atoms with E-state index >= 15 is 0 Å². The molecule has 0 saturated carbocycles. The van der Waals surface area contributed by atoms with Crippen molar-refractivity contribution in [2.75, 3.05) is 18.2 Å². The van der Waals surface area contributed by atoms with Gasteiger partial charge in [0.25, 0.3) is 0 Å². The lowest BCUT2D eigenvalue weighted by Gasteiger charge is -2.10. The second-order valence-corrected chi connectivity index (χ2v) is 6.86. The third-order valence-corrected chi connectivity index (χ3v) is 4.87. The summed E-state index contributed by atoms with van der Waals surface area (Å²) in [6.45, 7) is 2.36. The maximum atomic E-state index is 12.0. The van der Waals surface area contributed by atoms with Gasteiger partial charge in [0, 0.05) is 17.7 Å². The van der Waals surface area contributed by atoms with Gasteiger partial charge in [-0.2, -0.15) is 16.9 Å². The van der Waals surface area contributed by atoms with Gasteiger partial charge in [0.2, 0.25) is 5.91 Å². The molecule has 0 saturated heterocycles. The molecule has 21 heavy (non-hydrogen) atoms. The van der Waals surface area contributed by atoms with E-state index in [4.69, 9.17) is 5.11 Å². The Morgan fingerprint density at radius 2 is 2.43 bits per heavy atom. The largest absolute Gasteiger partial charge is 0.394 e. The Morgan fingerprint density at radius 1 is 1.62 bits per heavy atom. The smallest absolute Gasteiger partial charge is 0.226 e. The highest BCUT2D eigenvalue weighted by molar-refractivity contribution is 7.99. The molecule has 7 heteroatoms. The van der Waals surface area contributed by atoms with Crippen LogP contribution in [0.15, 0.2) is 23.6 Å². The number of carbonyl (C=O) groups excluding carboxylic acids is 1. The number of hydrogen-bond donors (Lipinski definition) is 2. The summed E-state index contributed by atoms with van der Waals surface area (Å²) < 4.78 is 1.64. The van der Waals surface area contributed by atoms with Crippen LogP contribution >= 0.6 is 23.1 Å². The van der Waals surface area contributed by atoms with Gasteiger partial charge in [0.1, 0.15) is 11.5 Å². The summed E-state index contributed by atoms with van der Waals surface area (Å²) in [6, 6.07) is 5.80. The predicted molar refractivity (Wildman–Crippen MR) is 88.8 cm³/mol. The topological polar surface area (TPSA) is 67.2 Å². The van der Waals surface area contributed by atoms with Crippen LogP contribution in [0, 0.1) is 0 Å². The minimum atomic E-state index is -0.0336. The van der Waals surface area contributed by atoms with Crippen molar-refractivity contribution in [2.45, 2.75) is 25.1 Å². The summed E-state index contributed by atoms with van der Waals surface area (Å²) >= 11 is 3.25. The number of rotatable bonds is 7. The summed E-state index contributed by atoms with van der Waals surface area (Å²) in [5, 5.41) is 18.7. The van der Waals surface area contributed by atoms with E-state index in [1.807, 2.05) is 36.8 Å². The van der Waals surface area contributed by atoms with Crippen LogP contribution in [-0.2, 0) is 11.3 Å². The van der Waals surface area contributed by atoms with E-state index in [-0.39, 0.29) is 17.8 Å². The molecule has 0 spiro atoms. The first-order valence-electron chi connectivity index (χ1n) is 6.69. The zero-order valence-corrected chi connectivity index (χ0v) is 13.7. The van der Waals surface area contributed by atoms with Crippen molar-refractivity contribution < 1.29 is 9.90 Å². The van der Waals surface area contributed by atoms with E-state index in [2.05, 4.69) is 10.4 Å². The molecular formula is C14H19N3O2S2. The average Bonchev–Trinajstić information content (AvgIpc) is 3.09. The van der Waals surface area contributed by atoms with Crippen LogP contribution < -0.4 is 5.32 Å². The lowest BCUT2D eigenvalue weighted by molar-refractivity contribution is -0.116. The van der Waals surface area contributed by atoms with E-state index in [0.29, 0.717) is 18.8 Å². The maximum absolute atomic E-state index is 12.0. The van der Waals surface area contributed by atoms with Gasteiger partial charge in [-0.3, -0.25) is 4.79 Å². The molecule has 1 amide bonds. The molecule has 114 valence electrons. The molecule has 0 aliphatic carbocycles. The number of carbonyl (C=O) groups is 1. The third kappa shape index (κ3) is 4.33. The Bertz CT molecular complexity index is 581. The number of hydrogen-bond acceptors (Lipinski definition) is 5. The third-order valence-electron chi connectivity index (χ3n) is 3.01. The molecule has 2 heterocycles. The highest BCUT2D eigenvalue weighted by Crippen LogP contribution is 2.26. The summed E-state index contributed by atoms with van der Waals surface area (Å²) in [5.74, 6) is 0.597. The van der Waals surface area contributed by atoms with Crippen molar-refractivity contribution in [3.05, 3.63) is 23.6 Å². The van der Waals surface area contributed by atoms with Gasteiger partial charge in [-0.1, -0.05) is 13.0 Å². The van der Waals surface area contributed by atoms with Gasteiger partial charge in [-0.25, -0.2) is 4.68 Å². The zero-order chi connectivity index (χ0) is 15.2. The first kappa shape index (κ1) is 16.1. The quantitative estimate of drug-likeness (QED) is 0.821. The molecule has 1 atom stereocenters. The van der Waals surface area contributed by atoms with E-state index in [9.17, 15) is 4.79 Å². The van der Waals surface area contributed by atoms with Gasteiger partial charge in [0.15, 0.2) is 0 Å². The molecule has 0 aliphatic heterocycles. The van der Waals surface area contributed by atoms with Crippen molar-refractivity contribution in [1.29, 1.82) is 0 Å². The fraction of sp³-hybridized carbons (Fsp3) is 0.429. The number of aliphatic hydroxyl groups is 1. The number of nitrogens with one attached hydrogen (secondary N) is 1. The van der Waals surface area contributed by atoms with Gasteiger partial charge < -0.3 is 10.4 Å². The number of thioether (sulfide) groups is 1. The first-order chi connectivity index (χ1) is 10.1. The maximum Gasteiger partial charge on any atom is 0.226 e. The predicted octanol–water partition coefficient (Wildman–Crippen LogP) is 2.68. The number of aliphatic hydroxyl groups excluding tert-OH is 1. The average molecular weight is 325 g/mol. The van der Waals surface area contributed by atoms with Gasteiger partial charge in [-0.15, -0.1) is 11.3 Å². The van der Waals surface area contributed by atoms with Crippen molar-refractivity contribution in [2.24, 2.45) is 0 Å². The highest BCUT2D eigenvalue weighted by Gasteiger charge is 2.14. The number of thiophene rings is 1. The Morgan fingerprint density at radius 3 is 3.05 bits per heavy atom. The van der Waals surface area contributed by atoms with Crippen molar-refractivity contribution in [3.63, 3.8) is 0 Å². The van der Waals surface area contributed by atoms with E-state index in [1.165, 1.54) is 0 Å². The molecule has 0 aromatic carbocycles. The molecule has 0 aliphatic rings. The van der Waals surface area contributed by atoms with Crippen molar-refractivity contribution in [3.8, 4) is 10.6 Å². The normalized spacial score (nSPS) is 12.3. The summed E-state index contributed by atoms with van der Waals surface area (Å²) in [6.07, 6.45) is 2.45. The Hall–Kier alpha value is -1.31. The monoisotopic (exact) mass is 325 g/mol. The number of nitrogens with zero attached hydrogens (tertiary/aromatic N) is 2. The van der Waals surface area contributed by atoms with Crippen LogP contribution in [0.1, 0.15) is 13.3 Å². The van der Waals surface area contributed by atoms with Crippen LogP contribution in [0.5, 0.6) is 0 Å². The molecule has 0 radical (unpaired) electrons. The second kappa shape index (κ2) is 7.63. The lowest BCUT2D eigenvalue weighted by atomic mass is 10.3. The van der Waals surface area contributed by atoms with E-state index in [0.717, 1.165) is 10.6 Å². The van der Waals surface area contributed by atoms with Crippen LogP contribution in [0.3, 0.4) is 0 Å².